The molecule has 0 unspecified atom stereocenters. The summed E-state index contributed by atoms with van der Waals surface area (Å²) in [5, 5.41) is 9.59. The van der Waals surface area contributed by atoms with E-state index in [-0.39, 0.29) is 25.2 Å². The predicted molar refractivity (Wildman–Crippen MR) is 127 cm³/mol. The summed E-state index contributed by atoms with van der Waals surface area (Å²) in [5.41, 5.74) is 3.25. The highest BCUT2D eigenvalue weighted by Crippen LogP contribution is 2.22. The summed E-state index contributed by atoms with van der Waals surface area (Å²) in [4.78, 5) is 36.0. The molecule has 1 saturated heterocycles. The van der Waals surface area contributed by atoms with Crippen molar-refractivity contribution in [2.24, 2.45) is 5.10 Å². The second-order valence-electron chi connectivity index (χ2n) is 7.07. The molecule has 2 aromatic carbocycles. The van der Waals surface area contributed by atoms with Gasteiger partial charge in [0.15, 0.2) is 6.61 Å². The van der Waals surface area contributed by atoms with Crippen LogP contribution in [0.25, 0.3) is 0 Å². The van der Waals surface area contributed by atoms with Crippen LogP contribution >= 0.6 is 27.5 Å². The third-order valence-electron chi connectivity index (χ3n) is 4.55. The minimum Gasteiger partial charge on any atom is -0.483 e. The fourth-order valence-electron chi connectivity index (χ4n) is 2.93. The smallest absolute Gasteiger partial charge is 0.329 e. The molecule has 33 heavy (non-hydrogen) atoms. The summed E-state index contributed by atoms with van der Waals surface area (Å²) in [6.45, 7) is 0.692. The van der Waals surface area contributed by atoms with Crippen molar-refractivity contribution in [3.8, 4) is 5.75 Å². The Morgan fingerprint density at radius 2 is 1.97 bits per heavy atom. The zero-order valence-corrected chi connectivity index (χ0v) is 19.8. The van der Waals surface area contributed by atoms with Crippen LogP contribution in [0.3, 0.4) is 0 Å². The Bertz CT molecular complexity index is 1030. The fourth-order valence-corrected chi connectivity index (χ4v) is 3.43. The number of carbonyl (C=O) groups is 3. The number of hydrogen-bond acceptors (Lipinski definition) is 6. The van der Waals surface area contributed by atoms with Crippen LogP contribution in [-0.2, 0) is 19.1 Å². The number of nitrogens with one attached hydrogen (secondary N) is 3. The second kappa shape index (κ2) is 12.3. The molecule has 0 aliphatic carbocycles. The van der Waals surface area contributed by atoms with Gasteiger partial charge >= 0.3 is 11.8 Å². The number of rotatable bonds is 8. The maximum atomic E-state index is 12.2. The maximum Gasteiger partial charge on any atom is 0.329 e. The number of hydrogen-bond donors (Lipinski definition) is 3. The van der Waals surface area contributed by atoms with Crippen LogP contribution in [0.5, 0.6) is 5.75 Å². The van der Waals surface area contributed by atoms with Gasteiger partial charge in [-0.15, -0.1) is 0 Å². The summed E-state index contributed by atoms with van der Waals surface area (Å²) >= 11 is 9.19. The van der Waals surface area contributed by atoms with Crippen molar-refractivity contribution in [1.82, 2.24) is 10.7 Å². The van der Waals surface area contributed by atoms with Crippen molar-refractivity contribution in [3.63, 3.8) is 0 Å². The Kier molecular flexibility index (Phi) is 9.23. The zero-order chi connectivity index (χ0) is 23.6. The first-order chi connectivity index (χ1) is 15.9. The van der Waals surface area contributed by atoms with E-state index in [2.05, 4.69) is 37.1 Å². The number of carbonyl (C=O) groups excluding carboxylic acids is 3. The largest absolute Gasteiger partial charge is 0.483 e. The molecule has 11 heteroatoms. The minimum absolute atomic E-state index is 0.0662. The van der Waals surface area contributed by atoms with Gasteiger partial charge in [0.25, 0.3) is 5.91 Å². The van der Waals surface area contributed by atoms with E-state index in [0.29, 0.717) is 28.6 Å². The Balaban J connectivity index is 1.51. The van der Waals surface area contributed by atoms with Crippen LogP contribution in [0.15, 0.2) is 52.0 Å². The molecule has 2 aromatic rings. The highest BCUT2D eigenvalue weighted by Gasteiger charge is 2.19. The minimum atomic E-state index is -0.899. The predicted octanol–water partition coefficient (Wildman–Crippen LogP) is 2.87. The van der Waals surface area contributed by atoms with Gasteiger partial charge in [-0.2, -0.15) is 5.10 Å². The zero-order valence-electron chi connectivity index (χ0n) is 17.5. The van der Waals surface area contributed by atoms with Crippen LogP contribution < -0.4 is 20.8 Å². The number of halogens is 2. The quantitative estimate of drug-likeness (QED) is 0.272. The molecule has 0 aromatic heterocycles. The third-order valence-corrected chi connectivity index (χ3v) is 5.29. The topological polar surface area (TPSA) is 118 Å². The number of ether oxygens (including phenoxy) is 2. The Hall–Kier alpha value is -2.95. The van der Waals surface area contributed by atoms with Crippen molar-refractivity contribution in [2.75, 3.05) is 25.1 Å². The van der Waals surface area contributed by atoms with E-state index in [0.717, 1.165) is 17.3 Å². The van der Waals surface area contributed by atoms with E-state index in [1.165, 1.54) is 6.21 Å². The summed E-state index contributed by atoms with van der Waals surface area (Å²) in [6.07, 6.45) is 3.05. The molecule has 3 amide bonds. The molecule has 0 bridgehead atoms. The lowest BCUT2D eigenvalue weighted by molar-refractivity contribution is -0.139. The van der Waals surface area contributed by atoms with Gasteiger partial charge in [-0.1, -0.05) is 27.5 Å². The van der Waals surface area contributed by atoms with Crippen molar-refractivity contribution < 1.29 is 23.9 Å². The molecule has 0 saturated carbocycles. The second-order valence-corrected chi connectivity index (χ2v) is 8.42. The molecule has 1 aliphatic rings. The monoisotopic (exact) mass is 536 g/mol. The van der Waals surface area contributed by atoms with Gasteiger partial charge in [-0.3, -0.25) is 14.4 Å². The normalized spacial score (nSPS) is 15.3. The lowest BCUT2D eigenvalue weighted by Gasteiger charge is -2.10. The lowest BCUT2D eigenvalue weighted by atomic mass is 10.2. The van der Waals surface area contributed by atoms with Gasteiger partial charge in [-0.25, -0.2) is 5.43 Å². The van der Waals surface area contributed by atoms with E-state index >= 15 is 0 Å². The summed E-state index contributed by atoms with van der Waals surface area (Å²) in [6, 6.07) is 11.8. The number of anilines is 1. The molecule has 1 fully saturated rings. The van der Waals surface area contributed by atoms with Gasteiger partial charge in [0.2, 0.25) is 0 Å². The summed E-state index contributed by atoms with van der Waals surface area (Å²) in [7, 11) is 0. The molecule has 9 nitrogen and oxygen atoms in total. The van der Waals surface area contributed by atoms with Gasteiger partial charge in [0.05, 0.1) is 12.3 Å². The molecule has 1 atom stereocenters. The molecule has 1 aliphatic heterocycles. The average molecular weight is 538 g/mol. The first-order valence-corrected chi connectivity index (χ1v) is 11.3. The Labute approximate surface area is 204 Å². The molecule has 3 rings (SSSR count). The van der Waals surface area contributed by atoms with Gasteiger partial charge in [0.1, 0.15) is 5.75 Å². The van der Waals surface area contributed by atoms with Crippen LogP contribution in [0.1, 0.15) is 18.4 Å². The van der Waals surface area contributed by atoms with E-state index in [9.17, 15) is 14.4 Å². The van der Waals surface area contributed by atoms with E-state index in [4.69, 9.17) is 21.1 Å². The molecule has 1 heterocycles. The SMILES string of the molecule is O=C(COc1ccc(Br)cc1/C=N\NC(=O)C(=O)NC[C@H]1CCCO1)Nc1ccc(Cl)cc1. The van der Waals surface area contributed by atoms with E-state index in [1.54, 1.807) is 42.5 Å². The highest BCUT2D eigenvalue weighted by atomic mass is 79.9. The number of benzene rings is 2. The standard InChI is InChI=1S/C22H22BrClN4O5/c23-15-3-8-19(33-13-20(29)27-17-6-4-16(24)5-7-17)14(10-15)11-26-28-22(31)21(30)25-12-18-2-1-9-32-18/h3-8,10-11,18H,1-2,9,12-13H2,(H,25,30)(H,27,29)(H,28,31)/b26-11-/t18-/m1/s1. The Morgan fingerprint density at radius 3 is 2.70 bits per heavy atom. The van der Waals surface area contributed by atoms with Crippen LogP contribution in [0.4, 0.5) is 5.69 Å². The van der Waals surface area contributed by atoms with Gasteiger partial charge < -0.3 is 20.1 Å². The highest BCUT2D eigenvalue weighted by molar-refractivity contribution is 9.10. The van der Waals surface area contributed by atoms with Crippen molar-refractivity contribution >= 4 is 57.2 Å². The van der Waals surface area contributed by atoms with E-state index in [1.807, 2.05) is 0 Å². The fraction of sp³-hybridized carbons (Fsp3) is 0.273. The van der Waals surface area contributed by atoms with Crippen LogP contribution in [0.2, 0.25) is 5.02 Å². The number of amides is 3. The molecule has 3 N–H and O–H groups in total. The molecule has 0 radical (unpaired) electrons. The van der Waals surface area contributed by atoms with Crippen molar-refractivity contribution in [1.29, 1.82) is 0 Å². The molecule has 174 valence electrons. The lowest BCUT2D eigenvalue weighted by Crippen LogP contribution is -2.41. The van der Waals surface area contributed by atoms with Gasteiger partial charge in [-0.05, 0) is 55.3 Å². The third kappa shape index (κ3) is 8.16. The maximum absolute atomic E-state index is 12.2. The summed E-state index contributed by atoms with van der Waals surface area (Å²) < 4.78 is 11.7. The van der Waals surface area contributed by atoms with Crippen LogP contribution in [0, 0.1) is 0 Å². The molecular formula is C22H22BrClN4O5. The number of hydrazone groups is 1. The Morgan fingerprint density at radius 1 is 1.18 bits per heavy atom. The molecule has 0 spiro atoms. The first kappa shape index (κ1) is 24.7. The van der Waals surface area contributed by atoms with Crippen LogP contribution in [-0.4, -0.2) is 49.8 Å². The summed E-state index contributed by atoms with van der Waals surface area (Å²) in [5.74, 6) is -1.69. The number of nitrogens with zero attached hydrogens (tertiary/aromatic N) is 1. The molecular weight excluding hydrogens is 516 g/mol. The van der Waals surface area contributed by atoms with E-state index < -0.39 is 11.8 Å². The van der Waals surface area contributed by atoms with Gasteiger partial charge in [0, 0.05) is 33.9 Å². The first-order valence-electron chi connectivity index (χ1n) is 10.1. The average Bonchev–Trinajstić information content (AvgIpc) is 3.32. The van der Waals surface area contributed by atoms with Crippen molar-refractivity contribution in [2.45, 2.75) is 18.9 Å². The van der Waals surface area contributed by atoms with Crippen molar-refractivity contribution in [3.05, 3.63) is 57.5 Å².